The molecule has 0 fully saturated rings. The van der Waals surface area contributed by atoms with E-state index in [1.165, 1.54) is 11.1 Å². The second kappa shape index (κ2) is 6.29. The molecule has 19 heavy (non-hydrogen) atoms. The molecule has 0 unspecified atom stereocenters. The fourth-order valence-corrected chi connectivity index (χ4v) is 2.29. The van der Waals surface area contributed by atoms with Crippen molar-refractivity contribution in [3.05, 3.63) is 58.6 Å². The van der Waals surface area contributed by atoms with E-state index >= 15 is 0 Å². The van der Waals surface area contributed by atoms with Crippen LogP contribution < -0.4 is 10.1 Å². The zero-order valence-electron chi connectivity index (χ0n) is 10.4. The maximum atomic E-state index is 5.85. The van der Waals surface area contributed by atoms with Crippen LogP contribution >= 0.6 is 24.0 Å². The molecular formula is C15H15Cl2NO. The summed E-state index contributed by atoms with van der Waals surface area (Å²) in [5, 5.41) is 4.09. The van der Waals surface area contributed by atoms with Crippen LogP contribution in [0.25, 0.3) is 0 Å². The Kier molecular flexibility index (Phi) is 4.70. The van der Waals surface area contributed by atoms with Crippen molar-refractivity contribution in [1.29, 1.82) is 0 Å². The van der Waals surface area contributed by atoms with Crippen LogP contribution in [0.3, 0.4) is 0 Å². The number of hydrogen-bond donors (Lipinski definition) is 1. The van der Waals surface area contributed by atoms with Crippen LogP contribution in [0.2, 0.25) is 5.02 Å². The number of benzene rings is 2. The Balaban J connectivity index is 0.00000133. The van der Waals surface area contributed by atoms with Crippen LogP contribution in [0, 0.1) is 0 Å². The lowest BCUT2D eigenvalue weighted by molar-refractivity contribution is 0.480. The molecule has 1 aliphatic rings. The van der Waals surface area contributed by atoms with Crippen LogP contribution in [0.4, 0.5) is 0 Å². The van der Waals surface area contributed by atoms with Crippen LogP contribution in [0.5, 0.6) is 11.5 Å². The Labute approximate surface area is 124 Å². The summed E-state index contributed by atoms with van der Waals surface area (Å²) in [6, 6.07) is 13.7. The van der Waals surface area contributed by atoms with Gasteiger partial charge in [0.1, 0.15) is 11.5 Å². The number of hydrogen-bond acceptors (Lipinski definition) is 2. The van der Waals surface area contributed by atoms with E-state index in [-0.39, 0.29) is 12.4 Å². The molecule has 0 spiro atoms. The Morgan fingerprint density at radius 3 is 2.47 bits per heavy atom. The number of fused-ring (bicyclic) bond motifs is 1. The number of halogens is 2. The second-order valence-electron chi connectivity index (χ2n) is 4.41. The first-order chi connectivity index (χ1) is 8.81. The standard InChI is InChI=1S/C15H14ClNO.ClH/c16-13-2-5-14(6-3-13)18-15-4-1-11-7-8-17-10-12(11)9-15;/h1-6,9,17H,7-8,10H2;1H. The fraction of sp³-hybridized carbons (Fsp3) is 0.200. The third-order valence-corrected chi connectivity index (χ3v) is 3.37. The fourth-order valence-electron chi connectivity index (χ4n) is 2.16. The van der Waals surface area contributed by atoms with Crippen molar-refractivity contribution < 1.29 is 4.74 Å². The van der Waals surface area contributed by atoms with Gasteiger partial charge in [-0.2, -0.15) is 0 Å². The lowest BCUT2D eigenvalue weighted by Gasteiger charge is -2.17. The van der Waals surface area contributed by atoms with Crippen molar-refractivity contribution >= 4 is 24.0 Å². The summed E-state index contributed by atoms with van der Waals surface area (Å²) in [7, 11) is 0. The molecule has 0 saturated heterocycles. The minimum absolute atomic E-state index is 0. The molecule has 0 atom stereocenters. The SMILES string of the molecule is Cl.Clc1ccc(Oc2ccc3c(c2)CNCC3)cc1. The van der Waals surface area contributed by atoms with Crippen molar-refractivity contribution in [3.63, 3.8) is 0 Å². The van der Waals surface area contributed by atoms with E-state index < -0.39 is 0 Å². The minimum atomic E-state index is 0. The Hall–Kier alpha value is -1.22. The molecule has 100 valence electrons. The molecule has 2 aromatic rings. The number of ether oxygens (including phenoxy) is 1. The lowest BCUT2D eigenvalue weighted by atomic mass is 10.0. The highest BCUT2D eigenvalue weighted by molar-refractivity contribution is 6.30. The summed E-state index contributed by atoms with van der Waals surface area (Å²) in [4.78, 5) is 0. The van der Waals surface area contributed by atoms with Crippen LogP contribution in [0.15, 0.2) is 42.5 Å². The predicted octanol–water partition coefficient (Wildman–Crippen LogP) is 4.20. The number of nitrogens with one attached hydrogen (secondary N) is 1. The van der Waals surface area contributed by atoms with Gasteiger partial charge in [-0.25, -0.2) is 0 Å². The average Bonchev–Trinajstić information content (AvgIpc) is 2.41. The molecule has 0 bridgehead atoms. The molecular weight excluding hydrogens is 281 g/mol. The Morgan fingerprint density at radius 2 is 1.68 bits per heavy atom. The highest BCUT2D eigenvalue weighted by Crippen LogP contribution is 2.26. The summed E-state index contributed by atoms with van der Waals surface area (Å²) in [6.45, 7) is 1.98. The first kappa shape index (κ1) is 14.2. The van der Waals surface area contributed by atoms with Gasteiger partial charge in [-0.05, 0) is 60.5 Å². The molecule has 0 saturated carbocycles. The van der Waals surface area contributed by atoms with Gasteiger partial charge in [0.05, 0.1) is 0 Å². The van der Waals surface area contributed by atoms with Crippen LogP contribution in [-0.2, 0) is 13.0 Å². The van der Waals surface area contributed by atoms with E-state index in [1.54, 1.807) is 0 Å². The predicted molar refractivity (Wildman–Crippen MR) is 80.6 cm³/mol. The quantitative estimate of drug-likeness (QED) is 0.896. The summed E-state index contributed by atoms with van der Waals surface area (Å²) >= 11 is 5.85. The molecule has 1 aliphatic heterocycles. The van der Waals surface area contributed by atoms with Gasteiger partial charge in [-0.3, -0.25) is 0 Å². The normalized spacial score (nSPS) is 13.3. The zero-order valence-corrected chi connectivity index (χ0v) is 11.9. The van der Waals surface area contributed by atoms with Crippen molar-refractivity contribution in [3.8, 4) is 11.5 Å². The van der Waals surface area contributed by atoms with Crippen molar-refractivity contribution in [2.45, 2.75) is 13.0 Å². The van der Waals surface area contributed by atoms with Crippen molar-refractivity contribution in [1.82, 2.24) is 5.32 Å². The maximum absolute atomic E-state index is 5.85. The van der Waals surface area contributed by atoms with Gasteiger partial charge < -0.3 is 10.1 Å². The highest BCUT2D eigenvalue weighted by atomic mass is 35.5. The lowest BCUT2D eigenvalue weighted by Crippen LogP contribution is -2.23. The molecule has 0 radical (unpaired) electrons. The highest BCUT2D eigenvalue weighted by Gasteiger charge is 2.09. The van der Waals surface area contributed by atoms with Crippen molar-refractivity contribution in [2.24, 2.45) is 0 Å². The topological polar surface area (TPSA) is 21.3 Å². The van der Waals surface area contributed by atoms with E-state index in [4.69, 9.17) is 16.3 Å². The van der Waals surface area contributed by atoms with Crippen LogP contribution in [0.1, 0.15) is 11.1 Å². The largest absolute Gasteiger partial charge is 0.457 e. The zero-order chi connectivity index (χ0) is 12.4. The third-order valence-electron chi connectivity index (χ3n) is 3.11. The molecule has 4 heteroatoms. The minimum Gasteiger partial charge on any atom is -0.457 e. The van der Waals surface area contributed by atoms with Gasteiger partial charge in [0, 0.05) is 11.6 Å². The first-order valence-electron chi connectivity index (χ1n) is 6.07. The van der Waals surface area contributed by atoms with Gasteiger partial charge >= 0.3 is 0 Å². The van der Waals surface area contributed by atoms with E-state index in [9.17, 15) is 0 Å². The van der Waals surface area contributed by atoms with Crippen molar-refractivity contribution in [2.75, 3.05) is 6.54 Å². The van der Waals surface area contributed by atoms with Gasteiger partial charge in [0.2, 0.25) is 0 Å². The Bertz CT molecular complexity index is 555. The molecule has 0 amide bonds. The third kappa shape index (κ3) is 3.41. The van der Waals surface area contributed by atoms with Gasteiger partial charge in [0.25, 0.3) is 0 Å². The van der Waals surface area contributed by atoms with Gasteiger partial charge in [-0.1, -0.05) is 17.7 Å². The summed E-state index contributed by atoms with van der Waals surface area (Å²) in [5.74, 6) is 1.68. The number of rotatable bonds is 2. The summed E-state index contributed by atoms with van der Waals surface area (Å²) < 4.78 is 5.81. The van der Waals surface area contributed by atoms with Gasteiger partial charge in [0.15, 0.2) is 0 Å². The smallest absolute Gasteiger partial charge is 0.127 e. The van der Waals surface area contributed by atoms with E-state index in [1.807, 2.05) is 30.3 Å². The van der Waals surface area contributed by atoms with Crippen LogP contribution in [-0.4, -0.2) is 6.54 Å². The van der Waals surface area contributed by atoms with E-state index in [0.717, 1.165) is 36.0 Å². The summed E-state index contributed by atoms with van der Waals surface area (Å²) in [6.07, 6.45) is 1.09. The molecule has 0 aliphatic carbocycles. The monoisotopic (exact) mass is 295 g/mol. The van der Waals surface area contributed by atoms with Gasteiger partial charge in [-0.15, -0.1) is 12.4 Å². The molecule has 1 heterocycles. The molecule has 2 aromatic carbocycles. The maximum Gasteiger partial charge on any atom is 0.127 e. The molecule has 3 rings (SSSR count). The average molecular weight is 296 g/mol. The van der Waals surface area contributed by atoms with E-state index in [0.29, 0.717) is 0 Å². The molecule has 2 nitrogen and oxygen atoms in total. The first-order valence-corrected chi connectivity index (χ1v) is 6.45. The Morgan fingerprint density at radius 1 is 0.947 bits per heavy atom. The molecule has 0 aromatic heterocycles. The van der Waals surface area contributed by atoms with E-state index in [2.05, 4.69) is 17.4 Å². The summed E-state index contributed by atoms with van der Waals surface area (Å²) in [5.41, 5.74) is 2.74. The second-order valence-corrected chi connectivity index (χ2v) is 4.85. The molecule has 1 N–H and O–H groups in total.